The number of carbonyl (C=O) groups excluding carboxylic acids is 1. The molecule has 3 nitrogen and oxygen atoms in total. The molecule has 0 aliphatic heterocycles. The molecule has 0 aliphatic carbocycles. The Morgan fingerprint density at radius 3 is 2.43 bits per heavy atom. The van der Waals surface area contributed by atoms with Crippen LogP contribution in [-0.4, -0.2) is 13.0 Å². The first-order valence-electron chi connectivity index (χ1n) is 7.37. The molecule has 0 saturated carbocycles. The molecule has 2 rings (SSSR count). The minimum atomic E-state index is -0.117. The Morgan fingerprint density at radius 2 is 1.83 bits per heavy atom. The van der Waals surface area contributed by atoms with Crippen LogP contribution in [0.4, 0.5) is 0 Å². The van der Waals surface area contributed by atoms with Crippen molar-refractivity contribution in [3.63, 3.8) is 0 Å². The number of ether oxygens (including phenoxy) is 1. The fraction of sp³-hybridized carbons (Fsp3) is 0.278. The summed E-state index contributed by atoms with van der Waals surface area (Å²) in [7, 11) is 1.63. The fourth-order valence-electron chi connectivity index (χ4n) is 2.23. The van der Waals surface area contributed by atoms with Gasteiger partial charge in [-0.25, -0.2) is 0 Å². The van der Waals surface area contributed by atoms with E-state index in [2.05, 4.69) is 5.32 Å². The largest absolute Gasteiger partial charge is 0.497 e. The molecule has 122 valence electrons. The first-order chi connectivity index (χ1) is 11.0. The lowest BCUT2D eigenvalue weighted by molar-refractivity contribution is -0.121. The van der Waals surface area contributed by atoms with E-state index >= 15 is 0 Å². The number of halogens is 2. The third-order valence-corrected chi connectivity index (χ3v) is 4.36. The predicted molar refractivity (Wildman–Crippen MR) is 94.3 cm³/mol. The Morgan fingerprint density at radius 1 is 1.13 bits per heavy atom. The molecule has 0 spiro atoms. The van der Waals surface area contributed by atoms with Crippen LogP contribution in [0.3, 0.4) is 0 Å². The molecule has 1 amide bonds. The molecule has 23 heavy (non-hydrogen) atoms. The quantitative estimate of drug-likeness (QED) is 0.810. The van der Waals surface area contributed by atoms with E-state index in [1.807, 2.05) is 37.3 Å². The van der Waals surface area contributed by atoms with Crippen LogP contribution in [0.25, 0.3) is 0 Å². The summed E-state index contributed by atoms with van der Waals surface area (Å²) < 4.78 is 5.11. The highest BCUT2D eigenvalue weighted by Crippen LogP contribution is 2.25. The maximum absolute atomic E-state index is 12.1. The summed E-state index contributed by atoms with van der Waals surface area (Å²) in [5, 5.41) is 3.97. The summed E-state index contributed by atoms with van der Waals surface area (Å²) >= 11 is 11.9. The summed E-state index contributed by atoms with van der Waals surface area (Å²) in [6.07, 6.45) is 1.11. The van der Waals surface area contributed by atoms with E-state index in [0.717, 1.165) is 16.9 Å². The minimum absolute atomic E-state index is 0.000564. The van der Waals surface area contributed by atoms with Crippen molar-refractivity contribution in [2.45, 2.75) is 25.8 Å². The van der Waals surface area contributed by atoms with Gasteiger partial charge in [-0.05, 0) is 48.7 Å². The fourth-order valence-corrected chi connectivity index (χ4v) is 2.54. The number of hydrogen-bond donors (Lipinski definition) is 1. The highest BCUT2D eigenvalue weighted by Gasteiger charge is 2.11. The lowest BCUT2D eigenvalue weighted by atomic mass is 10.1. The molecule has 2 aromatic carbocycles. The summed E-state index contributed by atoms with van der Waals surface area (Å²) in [6.45, 7) is 1.92. The summed E-state index contributed by atoms with van der Waals surface area (Å²) in [5.74, 6) is 0.811. The van der Waals surface area contributed by atoms with E-state index in [9.17, 15) is 4.79 Å². The van der Waals surface area contributed by atoms with E-state index in [0.29, 0.717) is 22.9 Å². The van der Waals surface area contributed by atoms with E-state index in [1.165, 1.54) is 0 Å². The third kappa shape index (κ3) is 5.15. The van der Waals surface area contributed by atoms with Crippen molar-refractivity contribution in [1.29, 1.82) is 0 Å². The van der Waals surface area contributed by atoms with Gasteiger partial charge in [-0.3, -0.25) is 4.79 Å². The molecule has 0 aromatic heterocycles. The molecule has 0 unspecified atom stereocenters. The average molecular weight is 352 g/mol. The second-order valence-electron chi connectivity index (χ2n) is 5.31. The van der Waals surface area contributed by atoms with E-state index in [1.54, 1.807) is 19.2 Å². The smallest absolute Gasteiger partial charge is 0.220 e. The molecule has 1 atom stereocenters. The molecule has 0 saturated heterocycles. The van der Waals surface area contributed by atoms with Crippen molar-refractivity contribution >= 4 is 29.1 Å². The first-order valence-corrected chi connectivity index (χ1v) is 8.12. The van der Waals surface area contributed by atoms with Gasteiger partial charge in [0.25, 0.3) is 0 Å². The lowest BCUT2D eigenvalue weighted by Crippen LogP contribution is -2.26. The van der Waals surface area contributed by atoms with E-state index < -0.39 is 0 Å². The Balaban J connectivity index is 1.86. The number of nitrogens with one attached hydrogen (secondary N) is 1. The molecule has 0 radical (unpaired) electrons. The number of rotatable bonds is 6. The Bertz CT molecular complexity index is 671. The molecule has 2 aromatic rings. The van der Waals surface area contributed by atoms with Gasteiger partial charge in [-0.2, -0.15) is 0 Å². The zero-order valence-corrected chi connectivity index (χ0v) is 14.6. The van der Waals surface area contributed by atoms with Crippen LogP contribution in [0.15, 0.2) is 42.5 Å². The average Bonchev–Trinajstić information content (AvgIpc) is 2.55. The van der Waals surface area contributed by atoms with Crippen molar-refractivity contribution in [2.24, 2.45) is 0 Å². The summed E-state index contributed by atoms with van der Waals surface area (Å²) in [5.41, 5.74) is 2.03. The standard InChI is InChI=1S/C18H19Cl2NO2/c1-12(14-6-9-16(19)17(20)11-14)21-18(22)10-5-13-3-7-15(23-2)8-4-13/h3-4,6-9,11-12H,5,10H2,1-2H3,(H,21,22)/t12-/m0/s1. The Kier molecular flexibility index (Phi) is 6.31. The van der Waals surface area contributed by atoms with Crippen LogP contribution in [0.5, 0.6) is 5.75 Å². The van der Waals surface area contributed by atoms with Crippen molar-refractivity contribution in [1.82, 2.24) is 5.32 Å². The third-order valence-electron chi connectivity index (χ3n) is 3.62. The highest BCUT2D eigenvalue weighted by molar-refractivity contribution is 6.42. The van der Waals surface area contributed by atoms with Crippen LogP contribution in [0.1, 0.15) is 30.5 Å². The molecule has 0 heterocycles. The van der Waals surface area contributed by atoms with E-state index in [-0.39, 0.29) is 11.9 Å². The van der Waals surface area contributed by atoms with Gasteiger partial charge in [0.2, 0.25) is 5.91 Å². The van der Waals surface area contributed by atoms with Gasteiger partial charge in [0.1, 0.15) is 5.75 Å². The lowest BCUT2D eigenvalue weighted by Gasteiger charge is -2.15. The second kappa shape index (κ2) is 8.23. The van der Waals surface area contributed by atoms with Gasteiger partial charge in [-0.15, -0.1) is 0 Å². The van der Waals surface area contributed by atoms with Gasteiger partial charge in [0, 0.05) is 6.42 Å². The Hall–Kier alpha value is -1.71. The van der Waals surface area contributed by atoms with Crippen LogP contribution >= 0.6 is 23.2 Å². The van der Waals surface area contributed by atoms with Crippen molar-refractivity contribution in [3.05, 3.63) is 63.6 Å². The molecule has 5 heteroatoms. The van der Waals surface area contributed by atoms with Crippen molar-refractivity contribution < 1.29 is 9.53 Å². The highest BCUT2D eigenvalue weighted by atomic mass is 35.5. The maximum Gasteiger partial charge on any atom is 0.220 e. The number of amides is 1. The molecular weight excluding hydrogens is 333 g/mol. The zero-order chi connectivity index (χ0) is 16.8. The van der Waals surface area contributed by atoms with Gasteiger partial charge in [0.05, 0.1) is 23.2 Å². The summed E-state index contributed by atoms with van der Waals surface area (Å²) in [6, 6.07) is 13.0. The van der Waals surface area contributed by atoms with Crippen molar-refractivity contribution in [2.75, 3.05) is 7.11 Å². The normalized spacial score (nSPS) is 11.8. The molecule has 1 N–H and O–H groups in total. The molecule has 0 fully saturated rings. The number of benzene rings is 2. The van der Waals surface area contributed by atoms with Crippen LogP contribution in [0.2, 0.25) is 10.0 Å². The van der Waals surface area contributed by atoms with Gasteiger partial charge < -0.3 is 10.1 Å². The monoisotopic (exact) mass is 351 g/mol. The van der Waals surface area contributed by atoms with Crippen LogP contribution in [-0.2, 0) is 11.2 Å². The minimum Gasteiger partial charge on any atom is -0.497 e. The van der Waals surface area contributed by atoms with Gasteiger partial charge in [-0.1, -0.05) is 41.4 Å². The number of aryl methyl sites for hydroxylation is 1. The van der Waals surface area contributed by atoms with Crippen LogP contribution < -0.4 is 10.1 Å². The first kappa shape index (κ1) is 17.6. The molecule has 0 aliphatic rings. The maximum atomic E-state index is 12.1. The van der Waals surface area contributed by atoms with Crippen molar-refractivity contribution in [3.8, 4) is 5.75 Å². The zero-order valence-electron chi connectivity index (χ0n) is 13.1. The SMILES string of the molecule is COc1ccc(CCC(=O)N[C@@H](C)c2ccc(Cl)c(Cl)c2)cc1. The van der Waals surface area contributed by atoms with E-state index in [4.69, 9.17) is 27.9 Å². The summed E-state index contributed by atoms with van der Waals surface area (Å²) in [4.78, 5) is 12.1. The number of carbonyl (C=O) groups is 1. The van der Waals surface area contributed by atoms with Gasteiger partial charge >= 0.3 is 0 Å². The molecule has 0 bridgehead atoms. The van der Waals surface area contributed by atoms with Crippen LogP contribution in [0, 0.1) is 0 Å². The number of methoxy groups -OCH3 is 1. The predicted octanol–water partition coefficient (Wildman–Crippen LogP) is 4.81. The Labute approximate surface area is 146 Å². The molecular formula is C18H19Cl2NO2. The second-order valence-corrected chi connectivity index (χ2v) is 6.13. The number of hydrogen-bond acceptors (Lipinski definition) is 2. The van der Waals surface area contributed by atoms with Gasteiger partial charge in [0.15, 0.2) is 0 Å². The topological polar surface area (TPSA) is 38.3 Å².